The summed E-state index contributed by atoms with van der Waals surface area (Å²) >= 11 is 4.22. The molecule has 4 aromatic rings. The predicted molar refractivity (Wildman–Crippen MR) is 384 cm³/mol. The van der Waals surface area contributed by atoms with E-state index in [2.05, 4.69) is 117 Å². The van der Waals surface area contributed by atoms with Crippen LogP contribution in [-0.4, -0.2) is 273 Å². The van der Waals surface area contributed by atoms with E-state index in [0.29, 0.717) is 22.6 Å². The molecule has 0 fully saturated rings. The molecule has 3 aromatic heterocycles. The average molecular weight is 1550 g/mol. The van der Waals surface area contributed by atoms with E-state index in [1.807, 2.05) is 0 Å². The second-order valence-corrected chi connectivity index (χ2v) is 25.6. The summed E-state index contributed by atoms with van der Waals surface area (Å²) in [4.78, 5) is 229. The fourth-order valence-corrected chi connectivity index (χ4v) is 10.4. The van der Waals surface area contributed by atoms with Gasteiger partial charge in [-0.05, 0) is 17.9 Å². The van der Waals surface area contributed by atoms with Crippen LogP contribution < -0.4 is 80.2 Å². The molecule has 0 saturated heterocycles. The van der Waals surface area contributed by atoms with Crippen molar-refractivity contribution in [3.63, 3.8) is 0 Å². The number of hydrogen-bond acceptors (Lipinski definition) is 24. The highest BCUT2D eigenvalue weighted by molar-refractivity contribution is 7.80. The van der Waals surface area contributed by atoms with Crippen LogP contribution in [0.15, 0.2) is 67.9 Å². The number of ether oxygens (including phenoxy) is 3. The maximum atomic E-state index is 14.5. The Labute approximate surface area is 630 Å². The van der Waals surface area contributed by atoms with Gasteiger partial charge in [0.1, 0.15) is 68.2 Å². The largest absolute Gasteiger partial charge is 0.481 e. The zero-order valence-corrected chi connectivity index (χ0v) is 61.7. The molecule has 42 nitrogen and oxygen atoms in total. The van der Waals surface area contributed by atoms with Crippen LogP contribution in [0.2, 0.25) is 0 Å². The molecular weight excluding hydrogens is 1450 g/mol. The summed E-state index contributed by atoms with van der Waals surface area (Å²) in [6.45, 7) is 1.77. The van der Waals surface area contributed by atoms with Gasteiger partial charge in [0.25, 0.3) is 0 Å². The van der Waals surface area contributed by atoms with Gasteiger partial charge in [-0.3, -0.25) is 76.7 Å². The van der Waals surface area contributed by atoms with Crippen LogP contribution in [0.25, 0.3) is 0 Å². The number of carbonyl (C=O) groups is 16. The van der Waals surface area contributed by atoms with Crippen molar-refractivity contribution < 1.29 is 101 Å². The smallest absolute Gasteiger partial charge is 0.305 e. The first-order valence-corrected chi connectivity index (χ1v) is 34.9. The number of aromatic amines is 3. The van der Waals surface area contributed by atoms with Gasteiger partial charge in [0.2, 0.25) is 88.6 Å². The van der Waals surface area contributed by atoms with Crippen LogP contribution in [0, 0.1) is 5.92 Å². The molecule has 0 aliphatic rings. The number of nitrogens with zero attached hydrogens (tertiary/aromatic N) is 3. The Kier molecular flexibility index (Phi) is 39.6. The van der Waals surface area contributed by atoms with Crippen LogP contribution in [0.3, 0.4) is 0 Å². The fraction of sp³-hybridized carbons (Fsp3) is 0.530. The van der Waals surface area contributed by atoms with Crippen molar-refractivity contribution in [3.8, 4) is 0 Å². The maximum Gasteiger partial charge on any atom is 0.305 e. The van der Waals surface area contributed by atoms with E-state index in [1.165, 1.54) is 51.4 Å². The number of carboxylic acid groups (broad SMARTS) is 1. The molecule has 0 spiro atoms. The highest BCUT2D eigenvalue weighted by Gasteiger charge is 2.32. The average Bonchev–Trinajstić information content (AvgIpc) is 1.89. The van der Waals surface area contributed by atoms with Crippen molar-refractivity contribution in [3.05, 3.63) is 90.5 Å². The number of aliphatic carboxylic acids is 1. The number of benzene rings is 1. The van der Waals surface area contributed by atoms with Gasteiger partial charge in [-0.25, -0.2) is 15.0 Å². The van der Waals surface area contributed by atoms with Crippen molar-refractivity contribution in [1.82, 2.24) is 104 Å². The Morgan fingerprint density at radius 1 is 0.431 bits per heavy atom. The number of aliphatic hydroxyl groups is 1. The highest BCUT2D eigenvalue weighted by atomic mass is 32.1. The quantitative estimate of drug-likeness (QED) is 0.0183. The lowest BCUT2D eigenvalue weighted by atomic mass is 10.0. The topological polar surface area (TPSA) is 622 Å². The molecule has 0 radical (unpaired) electrons. The number of nitrogens with two attached hydrogens (primary N) is 1. The zero-order chi connectivity index (χ0) is 80.5. The molecule has 3 heterocycles. The third-order valence-electron chi connectivity index (χ3n) is 15.4. The van der Waals surface area contributed by atoms with Crippen LogP contribution >= 0.6 is 12.6 Å². The lowest BCUT2D eigenvalue weighted by molar-refractivity contribution is -0.141. The minimum atomic E-state index is -1.56. The Bertz CT molecular complexity index is 3560. The van der Waals surface area contributed by atoms with E-state index >= 15 is 0 Å². The molecule has 43 heteroatoms. The van der Waals surface area contributed by atoms with Gasteiger partial charge in [-0.2, -0.15) is 12.6 Å². The van der Waals surface area contributed by atoms with E-state index in [9.17, 15) is 86.9 Å². The lowest BCUT2D eigenvalue weighted by Crippen LogP contribution is -2.55. The van der Waals surface area contributed by atoms with Crippen molar-refractivity contribution in [2.75, 3.05) is 71.4 Å². The number of carboxylic acids is 1. The second kappa shape index (κ2) is 48.0. The molecule has 15 amide bonds. The van der Waals surface area contributed by atoms with E-state index in [1.54, 1.807) is 44.2 Å². The van der Waals surface area contributed by atoms with Crippen molar-refractivity contribution in [1.29, 1.82) is 0 Å². The number of rotatable bonds is 51. The number of thiol groups is 1. The van der Waals surface area contributed by atoms with Gasteiger partial charge in [-0.1, -0.05) is 44.2 Å². The number of hydrogen-bond donors (Lipinski definition) is 21. The Balaban J connectivity index is 1.60. The number of primary amides is 1. The number of imidazole rings is 3. The third-order valence-corrected chi connectivity index (χ3v) is 15.8. The van der Waals surface area contributed by atoms with Gasteiger partial charge in [0, 0.05) is 134 Å². The Morgan fingerprint density at radius 2 is 0.761 bits per heavy atom. The normalized spacial score (nSPS) is 13.8. The number of amides is 15. The molecule has 1 aromatic carbocycles. The molecule has 109 heavy (non-hydrogen) atoms. The number of carbonyl (C=O) groups excluding carboxylic acids is 15. The third kappa shape index (κ3) is 36.1. The molecule has 4 rings (SSSR count). The predicted octanol–water partition coefficient (Wildman–Crippen LogP) is -8.13. The number of aliphatic hydroxyl groups excluding tert-OH is 1. The number of H-pyrrole nitrogens is 3. The first kappa shape index (κ1) is 90.0. The van der Waals surface area contributed by atoms with Crippen LogP contribution in [0.5, 0.6) is 0 Å². The van der Waals surface area contributed by atoms with Gasteiger partial charge in [-0.15, -0.1) is 0 Å². The van der Waals surface area contributed by atoms with Crippen molar-refractivity contribution in [2.45, 2.75) is 147 Å². The summed E-state index contributed by atoms with van der Waals surface area (Å²) < 4.78 is 17.8. The summed E-state index contributed by atoms with van der Waals surface area (Å²) in [6, 6.07) is -2.32. The van der Waals surface area contributed by atoms with Gasteiger partial charge in [0.15, 0.2) is 0 Å². The zero-order valence-electron chi connectivity index (χ0n) is 60.8. The molecule has 598 valence electrons. The molecule has 0 aliphatic carbocycles. The molecule has 0 unspecified atom stereocenters. The van der Waals surface area contributed by atoms with Gasteiger partial charge >= 0.3 is 5.97 Å². The second-order valence-electron chi connectivity index (χ2n) is 25.2. The lowest BCUT2D eigenvalue weighted by Gasteiger charge is -2.25. The number of nitrogens with one attached hydrogen (secondary N) is 17. The Morgan fingerprint density at radius 3 is 1.10 bits per heavy atom. The van der Waals surface area contributed by atoms with Crippen LogP contribution in [0.4, 0.5) is 0 Å². The van der Waals surface area contributed by atoms with E-state index in [4.69, 9.17) is 19.9 Å². The molecule has 0 bridgehead atoms. The first-order valence-electron chi connectivity index (χ1n) is 34.3. The molecular formula is C66H97N21O21S. The van der Waals surface area contributed by atoms with Crippen LogP contribution in [-0.2, 0) is 117 Å². The highest BCUT2D eigenvalue weighted by Crippen LogP contribution is 2.10. The Hall–Kier alpha value is -11.4. The molecule has 0 aliphatic heterocycles. The standard InChI is InChI=1S/C66H97N21O21S/c1-35(2)12-48(84-55(93)28-106-46(26-76-65(104)53(27-88)83-39(6)92)25-75-64(103)52(17-58(96)97)82-38(5)91)60(99)71-21-44(108-30-57(95)86-54(31-109)66(105)87-47(59(67)98)14-41-18-68-32-77-41)22-72-61(100)49(13-40-10-8-7-9-11-40)85-56(94)29-107-45(23-73-62(101)50(80-36(3)89)15-42-19-69-33-78-42)24-74-63(102)51(81-37(4)90)16-43-20-70-34-79-43/h7-11,18-20,32-35,44-54,88,109H,12-17,21-31H2,1-6H3,(H2,67,98)(H,68,77)(H,69,78)(H,70,79)(H,71,99)(H,72,100)(H,73,101)(H,74,102)(H,75,103)(H,76,104)(H,80,89)(H,81,90)(H,82,91)(H,83,92)(H,84,93)(H,85,94)(H,86,95)(H,87,105)(H,96,97)/t44-,46-,47-,48-,49-,50-,51-,52-,53-,54-/m0/s1. The van der Waals surface area contributed by atoms with E-state index in [0.717, 1.165) is 13.8 Å². The van der Waals surface area contributed by atoms with E-state index < -0.39 is 220 Å². The number of aromatic nitrogens is 6. The fourth-order valence-electron chi connectivity index (χ4n) is 10.2. The SMILES string of the molecule is CC(=O)N[C@@H](CO)C(=O)NC[C@H](CNC(=O)[C@H](CC(=O)O)NC(C)=O)OCC(=O)N[C@@H](CC(C)C)C(=O)NC[C@@H](CNC(=O)[C@H](Cc1ccccc1)NC(=O)COC(CNC(=O)[C@H](Cc1cnc[nH]1)NC(C)=O)CNC(=O)[C@H](Cc1cnc[nH]1)NC(C)=O)OCC(=O)N[C@@H](CS)C(=O)N[C@@H](Cc1cnc[nH]1)C(N)=O. The van der Waals surface area contributed by atoms with Crippen molar-refractivity contribution >= 4 is 107 Å². The van der Waals surface area contributed by atoms with Crippen molar-refractivity contribution in [2.24, 2.45) is 11.7 Å². The van der Waals surface area contributed by atoms with Gasteiger partial charge < -0.3 is 120 Å². The summed E-state index contributed by atoms with van der Waals surface area (Å²) in [5, 5.41) is 54.3. The minimum absolute atomic E-state index is 0.0147. The summed E-state index contributed by atoms with van der Waals surface area (Å²) in [5.74, 6) is -14.1. The van der Waals surface area contributed by atoms with Crippen LogP contribution in [0.1, 0.15) is 77.0 Å². The molecule has 10 atom stereocenters. The summed E-state index contributed by atoms with van der Waals surface area (Å²) in [5.41, 5.74) is 7.57. The van der Waals surface area contributed by atoms with E-state index in [-0.39, 0.29) is 56.9 Å². The minimum Gasteiger partial charge on any atom is -0.481 e. The van der Waals surface area contributed by atoms with Gasteiger partial charge in [0.05, 0.1) is 50.3 Å². The summed E-state index contributed by atoms with van der Waals surface area (Å²) in [6.07, 6.45) is 3.39. The molecule has 21 N–H and O–H groups in total. The maximum absolute atomic E-state index is 14.5. The molecule has 0 saturated carbocycles. The monoisotopic (exact) mass is 1550 g/mol. The first-order chi connectivity index (χ1) is 51.8. The summed E-state index contributed by atoms with van der Waals surface area (Å²) in [7, 11) is 0.